The zero-order valence-corrected chi connectivity index (χ0v) is 13.4. The molecule has 1 atom stereocenters. The summed E-state index contributed by atoms with van der Waals surface area (Å²) in [6.07, 6.45) is 2.06. The summed E-state index contributed by atoms with van der Waals surface area (Å²) in [5.41, 5.74) is 3.00. The van der Waals surface area contributed by atoms with Gasteiger partial charge in [-0.2, -0.15) is 11.8 Å². The standard InChI is InChI=1S/C15H25NO2S/c1-10(2)8-19-9-13(17)6-14-12(4)15(18-5)11(3)7-16-14/h7,10,13,17H,6,8-9H2,1-5H3. The molecule has 1 aromatic heterocycles. The highest BCUT2D eigenvalue weighted by atomic mass is 32.2. The van der Waals surface area contributed by atoms with E-state index >= 15 is 0 Å². The Balaban J connectivity index is 2.62. The van der Waals surface area contributed by atoms with E-state index in [4.69, 9.17) is 4.74 Å². The lowest BCUT2D eigenvalue weighted by Crippen LogP contribution is -2.16. The molecule has 0 bridgehead atoms. The molecule has 1 heterocycles. The van der Waals surface area contributed by atoms with Crippen molar-refractivity contribution in [1.82, 2.24) is 4.98 Å². The van der Waals surface area contributed by atoms with Crippen molar-refractivity contribution in [3.63, 3.8) is 0 Å². The third-order valence-corrected chi connectivity index (χ3v) is 4.46. The molecule has 1 rings (SSSR count). The number of ether oxygens (including phenoxy) is 1. The maximum Gasteiger partial charge on any atom is 0.128 e. The van der Waals surface area contributed by atoms with Gasteiger partial charge in [0.05, 0.1) is 13.2 Å². The molecule has 1 N–H and O–H groups in total. The van der Waals surface area contributed by atoms with Crippen molar-refractivity contribution in [3.05, 3.63) is 23.0 Å². The Morgan fingerprint density at radius 2 is 2.00 bits per heavy atom. The molecular weight excluding hydrogens is 258 g/mol. The van der Waals surface area contributed by atoms with Crippen molar-refractivity contribution in [1.29, 1.82) is 0 Å². The van der Waals surface area contributed by atoms with Gasteiger partial charge in [-0.1, -0.05) is 13.8 Å². The summed E-state index contributed by atoms with van der Waals surface area (Å²) in [7, 11) is 1.67. The van der Waals surface area contributed by atoms with Crippen LogP contribution in [0, 0.1) is 19.8 Å². The van der Waals surface area contributed by atoms with Crippen molar-refractivity contribution in [2.75, 3.05) is 18.6 Å². The number of thioether (sulfide) groups is 1. The van der Waals surface area contributed by atoms with Crippen molar-refractivity contribution >= 4 is 11.8 Å². The molecule has 0 aliphatic heterocycles. The molecule has 3 nitrogen and oxygen atoms in total. The predicted molar refractivity (Wildman–Crippen MR) is 82.1 cm³/mol. The molecule has 1 aromatic rings. The van der Waals surface area contributed by atoms with Crippen LogP contribution in [0.1, 0.15) is 30.7 Å². The van der Waals surface area contributed by atoms with Crippen molar-refractivity contribution in [3.8, 4) is 5.75 Å². The molecule has 0 amide bonds. The molecule has 108 valence electrons. The van der Waals surface area contributed by atoms with Gasteiger partial charge in [-0.05, 0) is 25.5 Å². The van der Waals surface area contributed by atoms with E-state index in [0.717, 1.165) is 34.1 Å². The summed E-state index contributed by atoms with van der Waals surface area (Å²) in [6, 6.07) is 0. The van der Waals surface area contributed by atoms with Crippen LogP contribution in [0.5, 0.6) is 5.75 Å². The fourth-order valence-corrected chi connectivity index (χ4v) is 3.00. The van der Waals surface area contributed by atoms with Gasteiger partial charge in [0, 0.05) is 35.2 Å². The number of aliphatic hydroxyl groups excluding tert-OH is 1. The summed E-state index contributed by atoms with van der Waals surface area (Å²) < 4.78 is 5.38. The first-order valence-electron chi connectivity index (χ1n) is 6.70. The minimum absolute atomic E-state index is 0.345. The highest BCUT2D eigenvalue weighted by Crippen LogP contribution is 2.25. The van der Waals surface area contributed by atoms with Crippen molar-refractivity contribution in [2.24, 2.45) is 5.92 Å². The molecule has 0 fully saturated rings. The summed E-state index contributed by atoms with van der Waals surface area (Å²) in [4.78, 5) is 4.42. The number of hydrogen-bond acceptors (Lipinski definition) is 4. The fourth-order valence-electron chi connectivity index (χ4n) is 2.00. The fraction of sp³-hybridized carbons (Fsp3) is 0.667. The van der Waals surface area contributed by atoms with E-state index in [1.807, 2.05) is 20.0 Å². The first-order chi connectivity index (χ1) is 8.95. The zero-order chi connectivity index (χ0) is 14.4. The Labute approximate surface area is 120 Å². The minimum atomic E-state index is -0.345. The van der Waals surface area contributed by atoms with Gasteiger partial charge in [0.15, 0.2) is 0 Å². The second kappa shape index (κ2) is 7.75. The van der Waals surface area contributed by atoms with Gasteiger partial charge in [0.2, 0.25) is 0 Å². The van der Waals surface area contributed by atoms with Crippen LogP contribution in [-0.2, 0) is 6.42 Å². The third kappa shape index (κ3) is 5.03. The van der Waals surface area contributed by atoms with Crippen LogP contribution in [0.2, 0.25) is 0 Å². The van der Waals surface area contributed by atoms with E-state index < -0.39 is 0 Å². The average Bonchev–Trinajstić information content (AvgIpc) is 2.33. The number of nitrogens with zero attached hydrogens (tertiary/aromatic N) is 1. The molecule has 19 heavy (non-hydrogen) atoms. The first-order valence-corrected chi connectivity index (χ1v) is 7.86. The van der Waals surface area contributed by atoms with Crippen LogP contribution in [0.4, 0.5) is 0 Å². The van der Waals surface area contributed by atoms with E-state index in [1.54, 1.807) is 18.9 Å². The molecular formula is C15H25NO2S. The number of methoxy groups -OCH3 is 1. The molecule has 0 aromatic carbocycles. The monoisotopic (exact) mass is 283 g/mol. The van der Waals surface area contributed by atoms with Gasteiger partial charge in [-0.15, -0.1) is 0 Å². The number of pyridine rings is 1. The summed E-state index contributed by atoms with van der Waals surface area (Å²) in [5.74, 6) is 3.39. The van der Waals surface area contributed by atoms with E-state index in [0.29, 0.717) is 12.3 Å². The summed E-state index contributed by atoms with van der Waals surface area (Å²) in [5, 5.41) is 10.1. The van der Waals surface area contributed by atoms with Crippen molar-refractivity contribution < 1.29 is 9.84 Å². The number of aromatic nitrogens is 1. The Morgan fingerprint density at radius 3 is 2.58 bits per heavy atom. The van der Waals surface area contributed by atoms with E-state index in [9.17, 15) is 5.11 Å². The van der Waals surface area contributed by atoms with E-state index in [-0.39, 0.29) is 6.10 Å². The largest absolute Gasteiger partial charge is 0.496 e. The lowest BCUT2D eigenvalue weighted by Gasteiger charge is -2.15. The maximum atomic E-state index is 10.1. The van der Waals surface area contributed by atoms with Gasteiger partial charge in [0.1, 0.15) is 5.75 Å². The van der Waals surface area contributed by atoms with Gasteiger partial charge >= 0.3 is 0 Å². The lowest BCUT2D eigenvalue weighted by atomic mass is 10.1. The molecule has 0 saturated heterocycles. The number of aryl methyl sites for hydroxylation is 1. The molecule has 0 aliphatic carbocycles. The molecule has 0 aliphatic rings. The quantitative estimate of drug-likeness (QED) is 0.835. The smallest absolute Gasteiger partial charge is 0.128 e. The number of hydrogen-bond donors (Lipinski definition) is 1. The van der Waals surface area contributed by atoms with Gasteiger partial charge in [0.25, 0.3) is 0 Å². The first kappa shape index (κ1) is 16.3. The highest BCUT2D eigenvalue weighted by molar-refractivity contribution is 7.99. The average molecular weight is 283 g/mol. The Morgan fingerprint density at radius 1 is 1.32 bits per heavy atom. The summed E-state index contributed by atoms with van der Waals surface area (Å²) >= 11 is 1.80. The Kier molecular flexibility index (Phi) is 6.66. The van der Waals surface area contributed by atoms with Crippen molar-refractivity contribution in [2.45, 2.75) is 40.2 Å². The van der Waals surface area contributed by atoms with Gasteiger partial charge in [-0.25, -0.2) is 0 Å². The van der Waals surface area contributed by atoms with Crippen LogP contribution < -0.4 is 4.74 Å². The third-order valence-electron chi connectivity index (χ3n) is 2.94. The van der Waals surface area contributed by atoms with Gasteiger partial charge in [-0.3, -0.25) is 4.98 Å². The molecule has 1 unspecified atom stereocenters. The minimum Gasteiger partial charge on any atom is -0.496 e. The second-order valence-corrected chi connectivity index (χ2v) is 6.41. The molecule has 0 radical (unpaired) electrons. The highest BCUT2D eigenvalue weighted by Gasteiger charge is 2.13. The molecule has 0 saturated carbocycles. The van der Waals surface area contributed by atoms with Crippen LogP contribution >= 0.6 is 11.8 Å². The second-order valence-electron chi connectivity index (χ2n) is 5.34. The SMILES string of the molecule is COc1c(C)cnc(CC(O)CSCC(C)C)c1C. The van der Waals surface area contributed by atoms with E-state index in [1.165, 1.54) is 0 Å². The topological polar surface area (TPSA) is 42.4 Å². The zero-order valence-electron chi connectivity index (χ0n) is 12.6. The van der Waals surface area contributed by atoms with Crippen LogP contribution in [0.15, 0.2) is 6.20 Å². The maximum absolute atomic E-state index is 10.1. The van der Waals surface area contributed by atoms with Gasteiger partial charge < -0.3 is 9.84 Å². The predicted octanol–water partition coefficient (Wildman–Crippen LogP) is 3.00. The Bertz CT molecular complexity index is 407. The van der Waals surface area contributed by atoms with E-state index in [2.05, 4.69) is 18.8 Å². The Hall–Kier alpha value is -0.740. The molecule has 4 heteroatoms. The summed E-state index contributed by atoms with van der Waals surface area (Å²) in [6.45, 7) is 8.37. The number of aliphatic hydroxyl groups is 1. The van der Waals surface area contributed by atoms with Crippen LogP contribution in [0.25, 0.3) is 0 Å². The normalized spacial score (nSPS) is 12.8. The lowest BCUT2D eigenvalue weighted by molar-refractivity contribution is 0.198. The van der Waals surface area contributed by atoms with Crippen LogP contribution in [-0.4, -0.2) is 34.8 Å². The number of rotatable bonds is 7. The van der Waals surface area contributed by atoms with Crippen LogP contribution in [0.3, 0.4) is 0 Å². The molecule has 0 spiro atoms.